The molecule has 0 fully saturated rings. The predicted molar refractivity (Wildman–Crippen MR) is 97.0 cm³/mol. The number of aryl methyl sites for hydroxylation is 1. The molecule has 0 bridgehead atoms. The number of rotatable bonds is 5. The van der Waals surface area contributed by atoms with Gasteiger partial charge >= 0.3 is 0 Å². The fraction of sp³-hybridized carbons (Fsp3) is 0.111. The Balaban J connectivity index is 1.63. The largest absolute Gasteiger partial charge is 0.486 e. The van der Waals surface area contributed by atoms with Crippen molar-refractivity contribution in [2.45, 2.75) is 13.5 Å². The number of ether oxygens (including phenoxy) is 1. The highest BCUT2D eigenvalue weighted by Crippen LogP contribution is 2.20. The summed E-state index contributed by atoms with van der Waals surface area (Å²) in [5, 5.41) is 5.42. The Morgan fingerprint density at radius 3 is 2.80 bits per heavy atom. The van der Waals surface area contributed by atoms with Crippen LogP contribution in [-0.2, 0) is 6.61 Å². The van der Waals surface area contributed by atoms with Gasteiger partial charge in [-0.15, -0.1) is 11.3 Å². The standard InChI is InChI=1S/C18H14ClFN2O2S/c1-11-2-7-14(20)15(8-11)22-18(23)16-10-25-17(21-16)9-24-13-5-3-12(19)4-6-13/h2-8,10H,9H2,1H3,(H,22,23). The van der Waals surface area contributed by atoms with Gasteiger partial charge in [0.15, 0.2) is 0 Å². The third kappa shape index (κ3) is 4.55. The summed E-state index contributed by atoms with van der Waals surface area (Å²) >= 11 is 7.12. The molecule has 1 amide bonds. The number of hydrogen-bond donors (Lipinski definition) is 1. The van der Waals surface area contributed by atoms with Crippen molar-refractivity contribution < 1.29 is 13.9 Å². The minimum absolute atomic E-state index is 0.136. The van der Waals surface area contributed by atoms with Gasteiger partial charge < -0.3 is 10.1 Å². The molecule has 0 spiro atoms. The lowest BCUT2D eigenvalue weighted by Crippen LogP contribution is -2.13. The van der Waals surface area contributed by atoms with Crippen LogP contribution in [0, 0.1) is 12.7 Å². The summed E-state index contributed by atoms with van der Waals surface area (Å²) in [6, 6.07) is 11.5. The molecule has 0 aliphatic heterocycles. The molecule has 0 saturated heterocycles. The van der Waals surface area contributed by atoms with Gasteiger partial charge in [-0.2, -0.15) is 0 Å². The second-order valence-electron chi connectivity index (χ2n) is 5.31. The number of nitrogens with one attached hydrogen (secondary N) is 1. The van der Waals surface area contributed by atoms with Gasteiger partial charge in [0, 0.05) is 10.4 Å². The maximum Gasteiger partial charge on any atom is 0.275 e. The lowest BCUT2D eigenvalue weighted by molar-refractivity contribution is 0.102. The number of anilines is 1. The zero-order valence-corrected chi connectivity index (χ0v) is 14.8. The van der Waals surface area contributed by atoms with E-state index < -0.39 is 11.7 Å². The number of halogens is 2. The van der Waals surface area contributed by atoms with Crippen LogP contribution in [0.1, 0.15) is 21.1 Å². The third-order valence-corrected chi connectivity index (χ3v) is 4.40. The molecule has 3 aromatic rings. The topological polar surface area (TPSA) is 51.2 Å². The number of carbonyl (C=O) groups is 1. The molecule has 1 N–H and O–H groups in total. The van der Waals surface area contributed by atoms with Crippen molar-refractivity contribution in [3.63, 3.8) is 0 Å². The van der Waals surface area contributed by atoms with E-state index in [0.717, 1.165) is 5.56 Å². The summed E-state index contributed by atoms with van der Waals surface area (Å²) in [5.41, 5.74) is 1.21. The van der Waals surface area contributed by atoms with E-state index in [-0.39, 0.29) is 18.0 Å². The minimum atomic E-state index is -0.486. The molecular formula is C18H14ClFN2O2S. The summed E-state index contributed by atoms with van der Waals surface area (Å²) < 4.78 is 19.3. The molecule has 0 unspecified atom stereocenters. The van der Waals surface area contributed by atoms with Crippen LogP contribution in [0.3, 0.4) is 0 Å². The second kappa shape index (κ2) is 7.63. The molecule has 2 aromatic carbocycles. The summed E-state index contributed by atoms with van der Waals surface area (Å²) in [4.78, 5) is 16.4. The lowest BCUT2D eigenvalue weighted by Gasteiger charge is -2.06. The van der Waals surface area contributed by atoms with Gasteiger partial charge in [-0.25, -0.2) is 9.37 Å². The van der Waals surface area contributed by atoms with Crippen molar-refractivity contribution in [2.75, 3.05) is 5.32 Å². The Bertz CT molecular complexity index is 896. The molecule has 0 saturated carbocycles. The van der Waals surface area contributed by atoms with E-state index in [0.29, 0.717) is 15.8 Å². The molecule has 0 aliphatic carbocycles. The van der Waals surface area contributed by atoms with Gasteiger partial charge in [0.05, 0.1) is 5.69 Å². The van der Waals surface area contributed by atoms with Crippen molar-refractivity contribution >= 4 is 34.5 Å². The molecule has 4 nitrogen and oxygen atoms in total. The van der Waals surface area contributed by atoms with Crippen molar-refractivity contribution in [3.05, 3.63) is 74.9 Å². The van der Waals surface area contributed by atoms with E-state index in [1.54, 1.807) is 41.8 Å². The number of nitrogens with zero attached hydrogens (tertiary/aromatic N) is 1. The first kappa shape index (κ1) is 17.4. The molecular weight excluding hydrogens is 363 g/mol. The van der Waals surface area contributed by atoms with Crippen molar-refractivity contribution in [1.82, 2.24) is 4.98 Å². The van der Waals surface area contributed by atoms with Gasteiger partial charge in [-0.05, 0) is 48.9 Å². The fourth-order valence-electron chi connectivity index (χ4n) is 2.08. The molecule has 0 aliphatic rings. The molecule has 0 radical (unpaired) electrons. The quantitative estimate of drug-likeness (QED) is 0.675. The number of benzene rings is 2. The number of aromatic nitrogens is 1. The molecule has 0 atom stereocenters. The Morgan fingerprint density at radius 1 is 1.28 bits per heavy atom. The summed E-state index contributed by atoms with van der Waals surface area (Å²) in [7, 11) is 0. The highest BCUT2D eigenvalue weighted by Gasteiger charge is 2.13. The monoisotopic (exact) mass is 376 g/mol. The smallest absolute Gasteiger partial charge is 0.275 e. The number of carbonyl (C=O) groups excluding carboxylic acids is 1. The second-order valence-corrected chi connectivity index (χ2v) is 6.69. The highest BCUT2D eigenvalue weighted by molar-refractivity contribution is 7.09. The first-order valence-electron chi connectivity index (χ1n) is 7.41. The average Bonchev–Trinajstić information content (AvgIpc) is 3.07. The Labute approximate surface area is 153 Å². The van der Waals surface area contributed by atoms with E-state index >= 15 is 0 Å². The van der Waals surface area contributed by atoms with Crippen LogP contribution in [0.15, 0.2) is 47.8 Å². The molecule has 1 heterocycles. The molecule has 128 valence electrons. The van der Waals surface area contributed by atoms with Gasteiger partial charge in [0.2, 0.25) is 0 Å². The van der Waals surface area contributed by atoms with Gasteiger partial charge in [-0.1, -0.05) is 17.7 Å². The number of hydrogen-bond acceptors (Lipinski definition) is 4. The van der Waals surface area contributed by atoms with Crippen molar-refractivity contribution in [1.29, 1.82) is 0 Å². The van der Waals surface area contributed by atoms with E-state index in [1.807, 2.05) is 6.92 Å². The average molecular weight is 377 g/mol. The number of thiazole rings is 1. The van der Waals surface area contributed by atoms with Crippen LogP contribution in [0.5, 0.6) is 5.75 Å². The Morgan fingerprint density at radius 2 is 2.04 bits per heavy atom. The van der Waals surface area contributed by atoms with Crippen LogP contribution < -0.4 is 10.1 Å². The molecule has 3 rings (SSSR count). The highest BCUT2D eigenvalue weighted by atomic mass is 35.5. The van der Waals surface area contributed by atoms with Gasteiger partial charge in [-0.3, -0.25) is 4.79 Å². The zero-order chi connectivity index (χ0) is 17.8. The third-order valence-electron chi connectivity index (χ3n) is 3.33. The first-order chi connectivity index (χ1) is 12.0. The molecule has 7 heteroatoms. The van der Waals surface area contributed by atoms with Crippen molar-refractivity contribution in [2.24, 2.45) is 0 Å². The fourth-order valence-corrected chi connectivity index (χ4v) is 2.89. The minimum Gasteiger partial charge on any atom is -0.486 e. The summed E-state index contributed by atoms with van der Waals surface area (Å²) in [6.07, 6.45) is 0. The van der Waals surface area contributed by atoms with Gasteiger partial charge in [0.25, 0.3) is 5.91 Å². The maximum atomic E-state index is 13.7. The van der Waals surface area contributed by atoms with Crippen LogP contribution >= 0.6 is 22.9 Å². The van der Waals surface area contributed by atoms with Crippen LogP contribution in [0.2, 0.25) is 5.02 Å². The molecule has 1 aromatic heterocycles. The summed E-state index contributed by atoms with van der Waals surface area (Å²) in [6.45, 7) is 2.06. The Kier molecular flexibility index (Phi) is 5.31. The van der Waals surface area contributed by atoms with E-state index in [1.165, 1.54) is 17.4 Å². The van der Waals surface area contributed by atoms with E-state index in [4.69, 9.17) is 16.3 Å². The van der Waals surface area contributed by atoms with Crippen LogP contribution in [0.25, 0.3) is 0 Å². The SMILES string of the molecule is Cc1ccc(F)c(NC(=O)c2csc(COc3ccc(Cl)cc3)n2)c1. The van der Waals surface area contributed by atoms with Crippen LogP contribution in [0.4, 0.5) is 10.1 Å². The first-order valence-corrected chi connectivity index (χ1v) is 8.67. The normalized spacial score (nSPS) is 10.5. The zero-order valence-electron chi connectivity index (χ0n) is 13.3. The van der Waals surface area contributed by atoms with Crippen LogP contribution in [-0.4, -0.2) is 10.9 Å². The number of amides is 1. The lowest BCUT2D eigenvalue weighted by atomic mass is 10.2. The molecule has 25 heavy (non-hydrogen) atoms. The van der Waals surface area contributed by atoms with E-state index in [2.05, 4.69) is 10.3 Å². The van der Waals surface area contributed by atoms with E-state index in [9.17, 15) is 9.18 Å². The predicted octanol–water partition coefficient (Wildman–Crippen LogP) is 5.08. The van der Waals surface area contributed by atoms with Crippen molar-refractivity contribution in [3.8, 4) is 5.75 Å². The summed E-state index contributed by atoms with van der Waals surface area (Å²) in [5.74, 6) is -0.286. The van der Waals surface area contributed by atoms with Gasteiger partial charge in [0.1, 0.15) is 28.9 Å². The Hall–Kier alpha value is -2.44. The maximum absolute atomic E-state index is 13.7.